The van der Waals surface area contributed by atoms with Crippen molar-refractivity contribution < 1.29 is 104 Å². The molecule has 28 heteroatoms. The second-order valence-electron chi connectivity index (χ2n) is 18.9. The summed E-state index contributed by atoms with van der Waals surface area (Å²) in [6.07, 6.45) is 29.2. The first kappa shape index (κ1) is 71.2. The lowest BCUT2D eigenvalue weighted by Crippen LogP contribution is -2.47. The molecule has 1 aliphatic heterocycles. The Balaban J connectivity index is 2.86. The third kappa shape index (κ3) is 40.4. The van der Waals surface area contributed by atoms with Gasteiger partial charge in [-0.05, 0) is 25.8 Å². The summed E-state index contributed by atoms with van der Waals surface area (Å²) in [7, 11) is -22.1. The molecule has 0 spiro atoms. The van der Waals surface area contributed by atoms with E-state index in [-0.39, 0.29) is 32.8 Å². The van der Waals surface area contributed by atoms with Gasteiger partial charge in [0.25, 0.3) is 0 Å². The highest BCUT2D eigenvalue weighted by atomic mass is 31.3. The van der Waals surface area contributed by atoms with Gasteiger partial charge in [-0.2, -0.15) is 8.62 Å². The first-order valence-corrected chi connectivity index (χ1v) is 33.0. The van der Waals surface area contributed by atoms with E-state index in [4.69, 9.17) is 37.9 Å². The van der Waals surface area contributed by atoms with Crippen molar-refractivity contribution in [2.24, 2.45) is 0 Å². The molecule has 0 saturated carbocycles. The zero-order valence-corrected chi connectivity index (χ0v) is 47.7. The van der Waals surface area contributed by atoms with Crippen LogP contribution < -0.4 is 10.8 Å². The quantitative estimate of drug-likeness (QED) is 0.0155. The van der Waals surface area contributed by atoms with Gasteiger partial charge in [-0.3, -0.25) is 18.4 Å². The number of ether oxygens (including phenoxy) is 3. The van der Waals surface area contributed by atoms with E-state index in [0.717, 1.165) is 51.4 Å². The maximum absolute atomic E-state index is 14.2. The maximum atomic E-state index is 14.2. The molecule has 0 bridgehead atoms. The minimum absolute atomic E-state index is 0.00433. The van der Waals surface area contributed by atoms with Crippen LogP contribution in [0.5, 0.6) is 0 Å². The van der Waals surface area contributed by atoms with Gasteiger partial charge in [0, 0.05) is 13.2 Å². The van der Waals surface area contributed by atoms with Crippen LogP contribution in [0.15, 0.2) is 0 Å². The Bertz CT molecular complexity index is 1630. The standard InChI is InChI=1S/C46H94N2O22P4/c1-3-5-7-9-11-13-15-17-19-21-23-25-27-29-33-62-36-40(35-49)64-38-41(37-63-34-30-28-26-24-22-20-18-16-14-12-10-8-6-4-2)67-74(61,70-72(56,57)58)68-43-31-32-47-44(43)46(52)66-48-42(45(50)51)39-65-73(59,60)69-71(53,54)55/h40-44,47-49H,3-39H2,1-2H3,(H,50,51)(H,59,60)(H2,53,54,55)(H2,56,57,58)/t40-,41+,42-,43?,44-,74?/m0/s1. The maximum Gasteiger partial charge on any atom is 0.484 e. The van der Waals surface area contributed by atoms with Crippen LogP contribution in [-0.4, -0.2) is 130 Å². The number of phosphoric acid groups is 4. The van der Waals surface area contributed by atoms with Crippen molar-refractivity contribution in [1.82, 2.24) is 10.8 Å². The van der Waals surface area contributed by atoms with Gasteiger partial charge in [0.2, 0.25) is 0 Å². The summed E-state index contributed by atoms with van der Waals surface area (Å²) in [5.41, 5.74) is 1.75. The molecule has 0 aromatic carbocycles. The Morgan fingerprint density at radius 3 is 1.41 bits per heavy atom. The van der Waals surface area contributed by atoms with Crippen molar-refractivity contribution in [3.05, 3.63) is 0 Å². The number of hydrogen-bond acceptors (Lipinski definition) is 18. The highest BCUT2D eigenvalue weighted by Crippen LogP contribution is 2.63. The summed E-state index contributed by atoms with van der Waals surface area (Å²) in [5, 5.41) is 22.2. The number of nitrogens with one attached hydrogen (secondary N) is 2. The minimum Gasteiger partial charge on any atom is -0.480 e. The zero-order chi connectivity index (χ0) is 55.0. The molecule has 0 aromatic rings. The summed E-state index contributed by atoms with van der Waals surface area (Å²) in [5.74, 6) is -3.16. The van der Waals surface area contributed by atoms with Gasteiger partial charge in [-0.25, -0.2) is 23.1 Å². The number of unbranched alkanes of at least 4 members (excludes halogenated alkanes) is 26. The van der Waals surface area contributed by atoms with Gasteiger partial charge in [-0.15, -0.1) is 5.48 Å². The molecule has 0 aromatic heterocycles. The zero-order valence-electron chi connectivity index (χ0n) is 44.1. The topological polar surface area (TPSA) is 351 Å². The molecule has 0 radical (unpaired) electrons. The number of carbonyl (C=O) groups is 2. The number of aliphatic carboxylic acids is 1. The summed E-state index contributed by atoms with van der Waals surface area (Å²) in [4.78, 5) is 76.3. The molecule has 9 N–H and O–H groups in total. The summed E-state index contributed by atoms with van der Waals surface area (Å²) >= 11 is 0. The third-order valence-corrected chi connectivity index (χ3v) is 16.9. The van der Waals surface area contributed by atoms with Gasteiger partial charge < -0.3 is 59.0 Å². The van der Waals surface area contributed by atoms with Gasteiger partial charge in [-0.1, -0.05) is 181 Å². The third-order valence-electron chi connectivity index (χ3n) is 12.0. The molecule has 440 valence electrons. The van der Waals surface area contributed by atoms with Gasteiger partial charge >= 0.3 is 43.2 Å². The Labute approximate surface area is 439 Å². The van der Waals surface area contributed by atoms with Crippen molar-refractivity contribution in [3.8, 4) is 0 Å². The predicted molar refractivity (Wildman–Crippen MR) is 276 cm³/mol. The molecule has 1 fully saturated rings. The molecule has 1 saturated heterocycles. The lowest BCUT2D eigenvalue weighted by molar-refractivity contribution is -0.162. The second-order valence-corrected chi connectivity index (χ2v) is 24.6. The van der Waals surface area contributed by atoms with E-state index in [2.05, 4.69) is 32.3 Å². The van der Waals surface area contributed by atoms with Crippen molar-refractivity contribution in [2.75, 3.05) is 52.8 Å². The second kappa shape index (κ2) is 43.1. The van der Waals surface area contributed by atoms with Crippen LogP contribution in [0.3, 0.4) is 0 Å². The molecule has 1 heterocycles. The largest absolute Gasteiger partial charge is 0.484 e. The normalized spacial score (nSPS) is 18.2. The summed E-state index contributed by atoms with van der Waals surface area (Å²) < 4.78 is 90.2. The van der Waals surface area contributed by atoms with Crippen LogP contribution >= 0.6 is 31.3 Å². The van der Waals surface area contributed by atoms with Crippen molar-refractivity contribution >= 4 is 43.2 Å². The lowest BCUT2D eigenvalue weighted by atomic mass is 10.0. The number of phosphoric ester groups is 2. The average molecular weight is 1150 g/mol. The Hall–Kier alpha value is -0.780. The van der Waals surface area contributed by atoms with E-state index in [0.29, 0.717) is 13.0 Å². The SMILES string of the molecule is CCCCCCCCCCCCCCCCOC[C@H](CO)OC[C@@H](COCCCCCCCCCCCCCCCC)OP(=O)(OC1CCN[C@@H]1C(=O)ON[C@@H](COP(=O)(O)OP(=O)(O)O)C(=O)O)OP(=O)(O)O. The van der Waals surface area contributed by atoms with Crippen LogP contribution in [-0.2, 0) is 69.1 Å². The molecular formula is C46H94N2O22P4. The molecule has 1 aliphatic rings. The van der Waals surface area contributed by atoms with Gasteiger partial charge in [0.1, 0.15) is 18.2 Å². The molecular weight excluding hydrogens is 1060 g/mol. The van der Waals surface area contributed by atoms with Crippen LogP contribution in [0.25, 0.3) is 0 Å². The van der Waals surface area contributed by atoms with Gasteiger partial charge in [0.05, 0.1) is 39.1 Å². The average Bonchev–Trinajstić information content (AvgIpc) is 3.77. The van der Waals surface area contributed by atoms with E-state index in [1.54, 1.807) is 5.48 Å². The van der Waals surface area contributed by atoms with Crippen LogP contribution in [0.2, 0.25) is 0 Å². The fourth-order valence-corrected chi connectivity index (χ4v) is 12.0. The molecule has 24 nitrogen and oxygen atoms in total. The van der Waals surface area contributed by atoms with E-state index in [9.17, 15) is 52.7 Å². The summed E-state index contributed by atoms with van der Waals surface area (Å²) in [6.45, 7) is 2.52. The number of rotatable bonds is 53. The molecule has 0 aliphatic carbocycles. The first-order valence-electron chi connectivity index (χ1n) is 27.0. The fourth-order valence-electron chi connectivity index (χ4n) is 7.98. The first-order chi connectivity index (χ1) is 35.2. The smallest absolute Gasteiger partial charge is 0.480 e. The number of carboxylic acid groups (broad SMARTS) is 1. The molecule has 3 unspecified atom stereocenters. The highest BCUT2D eigenvalue weighted by molar-refractivity contribution is 7.61. The molecule has 1 rings (SSSR count). The Morgan fingerprint density at radius 2 is 1.00 bits per heavy atom. The van der Waals surface area contributed by atoms with E-state index in [1.807, 2.05) is 0 Å². The Kier molecular flexibility index (Phi) is 41.5. The number of hydroxylamine groups is 1. The molecule has 74 heavy (non-hydrogen) atoms. The lowest BCUT2D eigenvalue weighted by Gasteiger charge is -2.28. The van der Waals surface area contributed by atoms with Crippen LogP contribution in [0.1, 0.15) is 200 Å². The number of carbonyl (C=O) groups excluding carboxylic acids is 1. The van der Waals surface area contributed by atoms with E-state index < -0.39 is 93.4 Å². The van der Waals surface area contributed by atoms with Crippen LogP contribution in [0.4, 0.5) is 0 Å². The number of carboxylic acids is 1. The number of aliphatic hydroxyl groups excluding tert-OH is 1. The summed E-state index contributed by atoms with van der Waals surface area (Å²) in [6, 6.07) is -3.73. The molecule has 7 atom stereocenters. The number of aliphatic hydroxyl groups is 1. The van der Waals surface area contributed by atoms with Gasteiger partial charge in [0.15, 0.2) is 6.04 Å². The van der Waals surface area contributed by atoms with Crippen molar-refractivity contribution in [2.45, 2.75) is 230 Å². The number of hydrogen-bond donors (Lipinski definition) is 9. The van der Waals surface area contributed by atoms with Crippen LogP contribution in [0, 0.1) is 0 Å². The van der Waals surface area contributed by atoms with E-state index in [1.165, 1.54) is 122 Å². The minimum atomic E-state index is -5.65. The van der Waals surface area contributed by atoms with Crippen molar-refractivity contribution in [1.29, 1.82) is 0 Å². The fraction of sp³-hybridized carbons (Fsp3) is 0.957. The van der Waals surface area contributed by atoms with Crippen molar-refractivity contribution in [3.63, 3.8) is 0 Å². The molecule has 0 amide bonds. The Morgan fingerprint density at radius 1 is 0.581 bits per heavy atom. The monoisotopic (exact) mass is 1150 g/mol. The predicted octanol–water partition coefficient (Wildman–Crippen LogP) is 9.44. The van der Waals surface area contributed by atoms with E-state index >= 15 is 0 Å². The highest BCUT2D eigenvalue weighted by Gasteiger charge is 2.46.